The first-order chi connectivity index (χ1) is 8.13. The highest BCUT2D eigenvalue weighted by Crippen LogP contribution is 2.01. The number of nitrogens with one attached hydrogen (secondary N) is 1. The van der Waals surface area contributed by atoms with Crippen LogP contribution in [0.4, 0.5) is 0 Å². The molecular weight excluding hydrogens is 222 g/mol. The molecule has 0 bridgehead atoms. The average Bonchev–Trinajstić information content (AvgIpc) is 2.34. The molecule has 0 aliphatic carbocycles. The Bertz CT molecular complexity index is 407. The van der Waals surface area contributed by atoms with Gasteiger partial charge < -0.3 is 16.2 Å². The van der Waals surface area contributed by atoms with E-state index in [1.165, 1.54) is 18.3 Å². The largest absolute Gasteiger partial charge is 0.478 e. The molecule has 1 rings (SSSR count). The second-order valence-corrected chi connectivity index (χ2v) is 3.51. The second-order valence-electron chi connectivity index (χ2n) is 3.51. The van der Waals surface area contributed by atoms with Gasteiger partial charge in [0, 0.05) is 12.6 Å². The smallest absolute Gasteiger partial charge is 0.335 e. The number of pyridine rings is 1. The molecule has 1 aromatic heterocycles. The number of hydrogen-bond acceptors (Lipinski definition) is 4. The molecule has 6 nitrogen and oxygen atoms in total. The summed E-state index contributed by atoms with van der Waals surface area (Å²) in [5, 5.41) is 11.4. The maximum absolute atomic E-state index is 11.3. The molecule has 0 unspecified atom stereocenters. The number of rotatable bonds is 6. The molecule has 17 heavy (non-hydrogen) atoms. The van der Waals surface area contributed by atoms with Crippen LogP contribution in [0, 0.1) is 0 Å². The molecule has 1 heterocycles. The molecule has 0 aliphatic rings. The van der Waals surface area contributed by atoms with Crippen LogP contribution in [-0.4, -0.2) is 28.5 Å². The summed E-state index contributed by atoms with van der Waals surface area (Å²) in [6.07, 6.45) is 2.41. The molecule has 0 atom stereocenters. The minimum absolute atomic E-state index is 0.113. The summed E-state index contributed by atoms with van der Waals surface area (Å²) in [6.45, 7) is 0.699. The number of carboxylic acid groups (broad SMARTS) is 1. The quantitative estimate of drug-likeness (QED) is 0.652. The van der Waals surface area contributed by atoms with E-state index in [-0.39, 0.29) is 18.0 Å². The van der Waals surface area contributed by atoms with Gasteiger partial charge in [0.1, 0.15) is 0 Å². The van der Waals surface area contributed by atoms with Gasteiger partial charge in [-0.05, 0) is 25.1 Å². The lowest BCUT2D eigenvalue weighted by molar-refractivity contribution is -0.121. The van der Waals surface area contributed by atoms with E-state index in [0.29, 0.717) is 25.1 Å². The number of nitrogens with zero attached hydrogens (tertiary/aromatic N) is 1. The lowest BCUT2D eigenvalue weighted by atomic mass is 10.2. The van der Waals surface area contributed by atoms with E-state index in [1.807, 2.05) is 0 Å². The normalized spacial score (nSPS) is 9.94. The number of amides is 1. The van der Waals surface area contributed by atoms with Gasteiger partial charge >= 0.3 is 5.97 Å². The van der Waals surface area contributed by atoms with Crippen molar-refractivity contribution in [3.05, 3.63) is 29.6 Å². The Morgan fingerprint density at radius 2 is 2.24 bits per heavy atom. The Morgan fingerprint density at radius 1 is 1.47 bits per heavy atom. The van der Waals surface area contributed by atoms with Gasteiger partial charge in [-0.25, -0.2) is 4.79 Å². The molecule has 4 N–H and O–H groups in total. The fraction of sp³-hybridized carbons (Fsp3) is 0.364. The van der Waals surface area contributed by atoms with E-state index >= 15 is 0 Å². The number of carbonyl (C=O) groups is 2. The third-order valence-corrected chi connectivity index (χ3v) is 2.14. The highest BCUT2D eigenvalue weighted by molar-refractivity contribution is 5.87. The van der Waals surface area contributed by atoms with Crippen molar-refractivity contribution in [2.24, 2.45) is 5.73 Å². The highest BCUT2D eigenvalue weighted by atomic mass is 16.4. The minimum atomic E-state index is -1.01. The number of aromatic nitrogens is 1. The third-order valence-electron chi connectivity index (χ3n) is 2.14. The van der Waals surface area contributed by atoms with E-state index in [4.69, 9.17) is 10.8 Å². The number of hydrogen-bond donors (Lipinski definition) is 3. The van der Waals surface area contributed by atoms with Crippen molar-refractivity contribution < 1.29 is 14.7 Å². The van der Waals surface area contributed by atoms with Crippen molar-refractivity contribution in [1.82, 2.24) is 10.3 Å². The molecule has 1 amide bonds. The average molecular weight is 237 g/mol. The van der Waals surface area contributed by atoms with E-state index < -0.39 is 5.97 Å². The van der Waals surface area contributed by atoms with Crippen molar-refractivity contribution in [3.8, 4) is 0 Å². The van der Waals surface area contributed by atoms with Crippen LogP contribution in [0.25, 0.3) is 0 Å². The number of carbonyl (C=O) groups excluding carboxylic acids is 1. The monoisotopic (exact) mass is 237 g/mol. The van der Waals surface area contributed by atoms with Gasteiger partial charge in [-0.3, -0.25) is 9.78 Å². The zero-order valence-electron chi connectivity index (χ0n) is 9.35. The molecular formula is C11H15N3O3. The highest BCUT2D eigenvalue weighted by Gasteiger charge is 2.05. The summed E-state index contributed by atoms with van der Waals surface area (Å²) < 4.78 is 0. The summed E-state index contributed by atoms with van der Waals surface area (Å²) in [5.41, 5.74) is 5.96. The summed E-state index contributed by atoms with van der Waals surface area (Å²) >= 11 is 0. The van der Waals surface area contributed by atoms with E-state index in [9.17, 15) is 9.59 Å². The van der Waals surface area contributed by atoms with Crippen molar-refractivity contribution in [1.29, 1.82) is 0 Å². The van der Waals surface area contributed by atoms with E-state index in [2.05, 4.69) is 10.3 Å². The number of nitrogens with two attached hydrogens (primary N) is 1. The van der Waals surface area contributed by atoms with Crippen molar-refractivity contribution in [2.45, 2.75) is 19.4 Å². The molecule has 0 saturated heterocycles. The topological polar surface area (TPSA) is 105 Å². The zero-order valence-corrected chi connectivity index (χ0v) is 9.35. The van der Waals surface area contributed by atoms with Crippen LogP contribution in [0.1, 0.15) is 28.9 Å². The fourth-order valence-corrected chi connectivity index (χ4v) is 1.25. The van der Waals surface area contributed by atoms with Crippen LogP contribution >= 0.6 is 0 Å². The van der Waals surface area contributed by atoms with Crippen LogP contribution < -0.4 is 11.1 Å². The Morgan fingerprint density at radius 3 is 2.88 bits per heavy atom. The van der Waals surface area contributed by atoms with Gasteiger partial charge in [0.15, 0.2) is 0 Å². The lowest BCUT2D eigenvalue weighted by Gasteiger charge is -2.04. The molecule has 6 heteroatoms. The fourth-order valence-electron chi connectivity index (χ4n) is 1.25. The molecule has 0 radical (unpaired) electrons. The Labute approximate surface area is 98.8 Å². The maximum atomic E-state index is 11.3. The molecule has 1 aromatic rings. The van der Waals surface area contributed by atoms with Gasteiger partial charge in [-0.15, -0.1) is 0 Å². The van der Waals surface area contributed by atoms with Crippen LogP contribution in [-0.2, 0) is 11.3 Å². The first kappa shape index (κ1) is 13.1. The van der Waals surface area contributed by atoms with Crippen molar-refractivity contribution in [3.63, 3.8) is 0 Å². The zero-order chi connectivity index (χ0) is 12.7. The lowest BCUT2D eigenvalue weighted by Crippen LogP contribution is -2.23. The summed E-state index contributed by atoms with van der Waals surface area (Å²) in [6, 6.07) is 2.84. The molecule has 0 aliphatic heterocycles. The SMILES string of the molecule is NCCCC(=O)NCc1cc(C(=O)O)ccn1. The van der Waals surface area contributed by atoms with Crippen LogP contribution in [0.5, 0.6) is 0 Å². The first-order valence-electron chi connectivity index (χ1n) is 5.28. The standard InChI is InChI=1S/C11H15N3O3/c12-4-1-2-10(15)14-7-9-6-8(11(16)17)3-5-13-9/h3,5-6H,1-2,4,7,12H2,(H,14,15)(H,16,17). The Hall–Kier alpha value is -1.95. The molecule has 0 spiro atoms. The van der Waals surface area contributed by atoms with E-state index in [1.54, 1.807) is 0 Å². The van der Waals surface area contributed by atoms with Crippen LogP contribution in [0.3, 0.4) is 0 Å². The Balaban J connectivity index is 2.49. The third kappa shape index (κ3) is 4.60. The van der Waals surface area contributed by atoms with Crippen molar-refractivity contribution >= 4 is 11.9 Å². The molecule has 0 saturated carbocycles. The van der Waals surface area contributed by atoms with Gasteiger partial charge in [-0.1, -0.05) is 0 Å². The van der Waals surface area contributed by atoms with Crippen LogP contribution in [0.15, 0.2) is 18.3 Å². The number of carboxylic acids is 1. The molecule has 0 fully saturated rings. The first-order valence-corrected chi connectivity index (χ1v) is 5.28. The number of aromatic carboxylic acids is 1. The van der Waals surface area contributed by atoms with Gasteiger partial charge in [0.05, 0.1) is 17.8 Å². The minimum Gasteiger partial charge on any atom is -0.478 e. The van der Waals surface area contributed by atoms with Gasteiger partial charge in [0.2, 0.25) is 5.91 Å². The van der Waals surface area contributed by atoms with Crippen LogP contribution in [0.2, 0.25) is 0 Å². The van der Waals surface area contributed by atoms with Gasteiger partial charge in [-0.2, -0.15) is 0 Å². The summed E-state index contributed by atoms with van der Waals surface area (Å²) in [4.78, 5) is 26.0. The maximum Gasteiger partial charge on any atom is 0.335 e. The van der Waals surface area contributed by atoms with Gasteiger partial charge in [0.25, 0.3) is 0 Å². The molecule has 0 aromatic carbocycles. The second kappa shape index (κ2) is 6.59. The Kier molecular flexibility index (Phi) is 5.09. The van der Waals surface area contributed by atoms with Crippen molar-refractivity contribution in [2.75, 3.05) is 6.54 Å². The summed E-state index contributed by atoms with van der Waals surface area (Å²) in [7, 11) is 0. The molecule has 92 valence electrons. The predicted octanol–water partition coefficient (Wildman–Crippen LogP) is 0.135. The predicted molar refractivity (Wildman–Crippen MR) is 61.3 cm³/mol. The van der Waals surface area contributed by atoms with E-state index in [0.717, 1.165) is 0 Å². The summed E-state index contributed by atoms with van der Waals surface area (Å²) in [5.74, 6) is -1.12.